The molecule has 0 bridgehead atoms. The summed E-state index contributed by atoms with van der Waals surface area (Å²) in [5, 5.41) is 8.00. The Morgan fingerprint density at radius 1 is 1.00 bits per heavy atom. The molecule has 0 atom stereocenters. The third-order valence-corrected chi connectivity index (χ3v) is 4.65. The first-order valence-corrected chi connectivity index (χ1v) is 6.99. The van der Waals surface area contributed by atoms with Crippen LogP contribution in [0.15, 0.2) is 42.5 Å². The molecule has 0 spiro atoms. The number of rotatable bonds is 1. The van der Waals surface area contributed by atoms with E-state index in [0.29, 0.717) is 0 Å². The fourth-order valence-corrected chi connectivity index (χ4v) is 3.96. The quantitative estimate of drug-likeness (QED) is 0.500. The summed E-state index contributed by atoms with van der Waals surface area (Å²) in [6.45, 7) is 1.55. The second kappa shape index (κ2) is 3.68. The summed E-state index contributed by atoms with van der Waals surface area (Å²) >= 11 is 1.74. The lowest BCUT2D eigenvalue weighted by molar-refractivity contribution is -0.114. The van der Waals surface area contributed by atoms with Gasteiger partial charge in [-0.25, -0.2) is 0 Å². The number of thiophene rings is 1. The van der Waals surface area contributed by atoms with E-state index in [1.165, 1.54) is 30.9 Å². The van der Waals surface area contributed by atoms with E-state index in [9.17, 15) is 4.79 Å². The van der Waals surface area contributed by atoms with Crippen LogP contribution in [0.1, 0.15) is 6.92 Å². The molecule has 0 unspecified atom stereocenters. The number of amides is 1. The Hall–Kier alpha value is -2.13. The predicted molar refractivity (Wildman–Crippen MR) is 82.3 cm³/mol. The molecule has 1 N–H and O–H groups in total. The van der Waals surface area contributed by atoms with Crippen LogP contribution in [0.3, 0.4) is 0 Å². The number of benzene rings is 3. The molecule has 4 aromatic rings. The standard InChI is InChI=1S/C16H11NOS/c1-9(18)17-12-8-7-11-6-5-10-3-2-4-13-14(10)15(11)16(12)19-13/h2-8H,1H3,(H,17,18). The SMILES string of the molecule is CC(=O)Nc1ccc2ccc3cccc4sc1c2c34. The van der Waals surface area contributed by atoms with E-state index in [1.807, 2.05) is 6.07 Å². The predicted octanol–water partition coefficient (Wildman–Crippen LogP) is 4.60. The summed E-state index contributed by atoms with van der Waals surface area (Å²) < 4.78 is 2.44. The van der Waals surface area contributed by atoms with E-state index in [2.05, 4.69) is 41.7 Å². The number of anilines is 1. The van der Waals surface area contributed by atoms with Gasteiger partial charge in [0.25, 0.3) is 0 Å². The van der Waals surface area contributed by atoms with Gasteiger partial charge in [-0.3, -0.25) is 4.79 Å². The van der Waals surface area contributed by atoms with Crippen LogP contribution in [0, 0.1) is 0 Å². The highest BCUT2D eigenvalue weighted by atomic mass is 32.1. The first-order chi connectivity index (χ1) is 9.24. The Bertz CT molecular complexity index is 922. The molecule has 4 rings (SSSR count). The Morgan fingerprint density at radius 3 is 2.53 bits per heavy atom. The van der Waals surface area contributed by atoms with Gasteiger partial charge in [0.1, 0.15) is 0 Å². The Kier molecular flexibility index (Phi) is 2.09. The fraction of sp³-hybridized carbons (Fsp3) is 0.0625. The molecular weight excluding hydrogens is 254 g/mol. The highest BCUT2D eigenvalue weighted by molar-refractivity contribution is 7.26. The number of hydrogen-bond acceptors (Lipinski definition) is 2. The Balaban J connectivity index is 2.22. The van der Waals surface area contributed by atoms with Gasteiger partial charge in [0, 0.05) is 22.4 Å². The van der Waals surface area contributed by atoms with Crippen LogP contribution in [0.25, 0.3) is 30.9 Å². The smallest absolute Gasteiger partial charge is 0.221 e. The molecule has 0 aliphatic heterocycles. The molecule has 2 nitrogen and oxygen atoms in total. The molecule has 19 heavy (non-hydrogen) atoms. The van der Waals surface area contributed by atoms with E-state index in [0.717, 1.165) is 5.69 Å². The molecule has 0 aliphatic rings. The summed E-state index contributed by atoms with van der Waals surface area (Å²) in [6, 6.07) is 14.7. The van der Waals surface area contributed by atoms with Gasteiger partial charge in [-0.2, -0.15) is 0 Å². The van der Waals surface area contributed by atoms with Crippen LogP contribution in [-0.4, -0.2) is 5.91 Å². The zero-order valence-electron chi connectivity index (χ0n) is 10.4. The van der Waals surface area contributed by atoms with E-state index in [1.54, 1.807) is 18.3 Å². The van der Waals surface area contributed by atoms with Crippen molar-refractivity contribution >= 4 is 53.9 Å². The minimum Gasteiger partial charge on any atom is -0.325 e. The lowest BCUT2D eigenvalue weighted by Gasteiger charge is -2.06. The van der Waals surface area contributed by atoms with Gasteiger partial charge in [-0.15, -0.1) is 11.3 Å². The molecule has 92 valence electrons. The van der Waals surface area contributed by atoms with Crippen molar-refractivity contribution in [2.75, 3.05) is 5.32 Å². The van der Waals surface area contributed by atoms with E-state index < -0.39 is 0 Å². The second-order valence-electron chi connectivity index (χ2n) is 4.74. The van der Waals surface area contributed by atoms with Gasteiger partial charge in [-0.05, 0) is 22.9 Å². The molecule has 0 fully saturated rings. The zero-order chi connectivity index (χ0) is 13.0. The van der Waals surface area contributed by atoms with Gasteiger partial charge in [0.15, 0.2) is 0 Å². The molecule has 1 heterocycles. The van der Waals surface area contributed by atoms with Crippen LogP contribution in [-0.2, 0) is 4.79 Å². The molecule has 0 radical (unpaired) electrons. The van der Waals surface area contributed by atoms with Crippen molar-refractivity contribution in [3.05, 3.63) is 42.5 Å². The molecule has 3 heteroatoms. The third kappa shape index (κ3) is 1.45. The van der Waals surface area contributed by atoms with Crippen LogP contribution < -0.4 is 5.32 Å². The fourth-order valence-electron chi connectivity index (χ4n) is 2.72. The van der Waals surface area contributed by atoms with Crippen molar-refractivity contribution in [1.29, 1.82) is 0 Å². The number of carbonyl (C=O) groups is 1. The maximum absolute atomic E-state index is 11.3. The highest BCUT2D eigenvalue weighted by Gasteiger charge is 2.14. The zero-order valence-corrected chi connectivity index (χ0v) is 11.2. The van der Waals surface area contributed by atoms with Crippen molar-refractivity contribution in [2.24, 2.45) is 0 Å². The number of carbonyl (C=O) groups excluding carboxylic acids is 1. The average Bonchev–Trinajstić information content (AvgIpc) is 2.79. The third-order valence-electron chi connectivity index (χ3n) is 3.46. The maximum Gasteiger partial charge on any atom is 0.221 e. The van der Waals surface area contributed by atoms with Crippen LogP contribution >= 0.6 is 11.3 Å². The van der Waals surface area contributed by atoms with Crippen molar-refractivity contribution in [2.45, 2.75) is 6.92 Å². The van der Waals surface area contributed by atoms with Crippen molar-refractivity contribution in [3.8, 4) is 0 Å². The van der Waals surface area contributed by atoms with Gasteiger partial charge >= 0.3 is 0 Å². The Labute approximate surface area is 114 Å². The molecule has 0 saturated carbocycles. The minimum atomic E-state index is -0.0284. The first kappa shape index (κ1) is 10.8. The van der Waals surface area contributed by atoms with Crippen molar-refractivity contribution in [1.82, 2.24) is 0 Å². The van der Waals surface area contributed by atoms with Gasteiger partial charge in [0.05, 0.1) is 10.4 Å². The van der Waals surface area contributed by atoms with E-state index in [-0.39, 0.29) is 5.91 Å². The lowest BCUT2D eigenvalue weighted by atomic mass is 10.0. The van der Waals surface area contributed by atoms with Gasteiger partial charge in [-0.1, -0.05) is 30.3 Å². The Morgan fingerprint density at radius 2 is 1.74 bits per heavy atom. The lowest BCUT2D eigenvalue weighted by Crippen LogP contribution is -2.05. The topological polar surface area (TPSA) is 29.1 Å². The second-order valence-corrected chi connectivity index (χ2v) is 5.80. The van der Waals surface area contributed by atoms with Crippen LogP contribution in [0.4, 0.5) is 5.69 Å². The average molecular weight is 265 g/mol. The summed E-state index contributed by atoms with van der Waals surface area (Å²) in [5.74, 6) is -0.0284. The molecule has 3 aromatic carbocycles. The van der Waals surface area contributed by atoms with Crippen molar-refractivity contribution in [3.63, 3.8) is 0 Å². The van der Waals surface area contributed by atoms with E-state index >= 15 is 0 Å². The normalized spacial score (nSPS) is 11.6. The summed E-state index contributed by atoms with van der Waals surface area (Å²) in [5.41, 5.74) is 0.911. The minimum absolute atomic E-state index is 0.0284. The molecule has 0 aliphatic carbocycles. The summed E-state index contributed by atoms with van der Waals surface area (Å²) in [6.07, 6.45) is 0. The van der Waals surface area contributed by atoms with Gasteiger partial charge in [0.2, 0.25) is 5.91 Å². The number of hydrogen-bond donors (Lipinski definition) is 1. The molecule has 0 saturated heterocycles. The van der Waals surface area contributed by atoms with E-state index in [4.69, 9.17) is 0 Å². The first-order valence-electron chi connectivity index (χ1n) is 6.18. The molecule has 1 aromatic heterocycles. The number of nitrogens with one attached hydrogen (secondary N) is 1. The molecule has 1 amide bonds. The van der Waals surface area contributed by atoms with Crippen LogP contribution in [0.5, 0.6) is 0 Å². The highest BCUT2D eigenvalue weighted by Crippen LogP contribution is 2.43. The summed E-state index contributed by atoms with van der Waals surface area (Å²) in [7, 11) is 0. The maximum atomic E-state index is 11.3. The largest absolute Gasteiger partial charge is 0.325 e. The summed E-state index contributed by atoms with van der Waals surface area (Å²) in [4.78, 5) is 11.3. The van der Waals surface area contributed by atoms with Crippen molar-refractivity contribution < 1.29 is 4.79 Å². The van der Waals surface area contributed by atoms with Gasteiger partial charge < -0.3 is 5.32 Å². The molecular formula is C16H11NOS. The van der Waals surface area contributed by atoms with Crippen LogP contribution in [0.2, 0.25) is 0 Å². The monoisotopic (exact) mass is 265 g/mol.